The summed E-state index contributed by atoms with van der Waals surface area (Å²) in [6, 6.07) is 0.665. The van der Waals surface area contributed by atoms with Gasteiger partial charge in [0.2, 0.25) is 0 Å². The number of carbonyl (C=O) groups excluding carboxylic acids is 1. The highest BCUT2D eigenvalue weighted by Gasteiger charge is 2.33. The predicted molar refractivity (Wildman–Crippen MR) is 82.5 cm³/mol. The molecule has 1 saturated heterocycles. The topological polar surface area (TPSA) is 29.5 Å². The average molecular weight is 279 g/mol. The summed E-state index contributed by atoms with van der Waals surface area (Å²) >= 11 is 0. The molecule has 0 saturated carbocycles. The SMILES string of the molecule is CCCC#CCC[C@@H]1CCC[C@H](CCC)N1C(=O)OC. The van der Waals surface area contributed by atoms with Crippen molar-refractivity contribution in [2.75, 3.05) is 7.11 Å². The Morgan fingerprint density at radius 1 is 1.10 bits per heavy atom. The lowest BCUT2D eigenvalue weighted by Crippen LogP contribution is -2.50. The highest BCUT2D eigenvalue weighted by Crippen LogP contribution is 2.29. The molecule has 1 aliphatic rings. The number of piperidine rings is 1. The number of methoxy groups -OCH3 is 1. The van der Waals surface area contributed by atoms with Crippen LogP contribution in [-0.4, -0.2) is 30.2 Å². The number of ether oxygens (including phenoxy) is 1. The van der Waals surface area contributed by atoms with E-state index in [1.165, 1.54) is 13.5 Å². The second kappa shape index (κ2) is 9.69. The molecule has 0 aliphatic carbocycles. The third-order valence-electron chi connectivity index (χ3n) is 3.97. The average Bonchev–Trinajstić information content (AvgIpc) is 2.47. The monoisotopic (exact) mass is 279 g/mol. The summed E-state index contributed by atoms with van der Waals surface area (Å²) in [5.41, 5.74) is 0. The Kier molecular flexibility index (Phi) is 8.18. The number of nitrogens with zero attached hydrogens (tertiary/aromatic N) is 1. The van der Waals surface area contributed by atoms with Crippen LogP contribution in [0.2, 0.25) is 0 Å². The molecular weight excluding hydrogens is 250 g/mol. The second-order valence-electron chi connectivity index (χ2n) is 5.55. The number of hydrogen-bond acceptors (Lipinski definition) is 2. The Morgan fingerprint density at radius 2 is 1.75 bits per heavy atom. The van der Waals surface area contributed by atoms with Gasteiger partial charge in [-0.1, -0.05) is 20.3 Å². The highest BCUT2D eigenvalue weighted by atomic mass is 16.5. The maximum Gasteiger partial charge on any atom is 0.409 e. The Balaban J connectivity index is 2.60. The van der Waals surface area contributed by atoms with Gasteiger partial charge in [0.05, 0.1) is 7.11 Å². The van der Waals surface area contributed by atoms with E-state index in [2.05, 4.69) is 25.7 Å². The summed E-state index contributed by atoms with van der Waals surface area (Å²) in [5.74, 6) is 6.41. The van der Waals surface area contributed by atoms with Gasteiger partial charge in [-0.2, -0.15) is 0 Å². The van der Waals surface area contributed by atoms with E-state index in [9.17, 15) is 4.79 Å². The van der Waals surface area contributed by atoms with Crippen LogP contribution in [0.4, 0.5) is 4.79 Å². The van der Waals surface area contributed by atoms with Crippen molar-refractivity contribution < 1.29 is 9.53 Å². The lowest BCUT2D eigenvalue weighted by atomic mass is 9.91. The summed E-state index contributed by atoms with van der Waals surface area (Å²) in [6.45, 7) is 4.32. The van der Waals surface area contributed by atoms with Crippen molar-refractivity contribution in [1.29, 1.82) is 0 Å². The van der Waals surface area contributed by atoms with Gasteiger partial charge in [0.25, 0.3) is 0 Å². The number of likely N-dealkylation sites (tertiary alicyclic amines) is 1. The molecule has 1 rings (SSSR count). The van der Waals surface area contributed by atoms with Crippen molar-refractivity contribution in [3.8, 4) is 11.8 Å². The Morgan fingerprint density at radius 3 is 2.35 bits per heavy atom. The molecule has 1 fully saturated rings. The molecule has 0 unspecified atom stereocenters. The molecule has 1 heterocycles. The van der Waals surface area contributed by atoms with Crippen LogP contribution in [-0.2, 0) is 4.74 Å². The van der Waals surface area contributed by atoms with Crippen molar-refractivity contribution in [1.82, 2.24) is 4.90 Å². The van der Waals surface area contributed by atoms with E-state index in [0.717, 1.165) is 51.4 Å². The number of rotatable bonds is 5. The molecule has 3 heteroatoms. The summed E-state index contributed by atoms with van der Waals surface area (Å²) < 4.78 is 4.99. The molecular formula is C17H29NO2. The second-order valence-corrected chi connectivity index (χ2v) is 5.55. The normalized spacial score (nSPS) is 22.1. The Labute approximate surface area is 124 Å². The smallest absolute Gasteiger partial charge is 0.409 e. The van der Waals surface area contributed by atoms with Crippen LogP contribution in [0.5, 0.6) is 0 Å². The number of unbranched alkanes of at least 4 members (excludes halogenated alkanes) is 1. The lowest BCUT2D eigenvalue weighted by Gasteiger charge is -2.41. The molecule has 2 atom stereocenters. The first-order valence-corrected chi connectivity index (χ1v) is 8.06. The molecule has 20 heavy (non-hydrogen) atoms. The number of amides is 1. The molecule has 0 spiro atoms. The first kappa shape index (κ1) is 16.9. The molecule has 0 radical (unpaired) electrons. The molecule has 114 valence electrons. The van der Waals surface area contributed by atoms with Crippen molar-refractivity contribution in [3.05, 3.63) is 0 Å². The van der Waals surface area contributed by atoms with Gasteiger partial charge in [-0.3, -0.25) is 0 Å². The van der Waals surface area contributed by atoms with E-state index in [0.29, 0.717) is 12.1 Å². The maximum absolute atomic E-state index is 12.1. The van der Waals surface area contributed by atoms with Crippen molar-refractivity contribution in [2.45, 2.75) is 83.7 Å². The fraction of sp³-hybridized carbons (Fsp3) is 0.824. The lowest BCUT2D eigenvalue weighted by molar-refractivity contribution is 0.0527. The quantitative estimate of drug-likeness (QED) is 0.700. The predicted octanol–water partition coefficient (Wildman–Crippen LogP) is 4.36. The summed E-state index contributed by atoms with van der Waals surface area (Å²) in [5, 5.41) is 0. The van der Waals surface area contributed by atoms with E-state index < -0.39 is 0 Å². The zero-order valence-electron chi connectivity index (χ0n) is 13.3. The van der Waals surface area contributed by atoms with Crippen LogP contribution in [0.25, 0.3) is 0 Å². The first-order chi connectivity index (χ1) is 9.74. The third kappa shape index (κ3) is 5.07. The fourth-order valence-electron chi connectivity index (χ4n) is 3.01. The van der Waals surface area contributed by atoms with E-state index in [4.69, 9.17) is 4.74 Å². The van der Waals surface area contributed by atoms with Crippen LogP contribution in [0.15, 0.2) is 0 Å². The number of carbonyl (C=O) groups is 1. The van der Waals surface area contributed by atoms with Gasteiger partial charge in [0.1, 0.15) is 0 Å². The Bertz CT molecular complexity index is 341. The van der Waals surface area contributed by atoms with Crippen molar-refractivity contribution >= 4 is 6.09 Å². The van der Waals surface area contributed by atoms with Crippen LogP contribution < -0.4 is 0 Å². The van der Waals surface area contributed by atoms with Gasteiger partial charge >= 0.3 is 6.09 Å². The number of hydrogen-bond donors (Lipinski definition) is 0. The molecule has 3 nitrogen and oxygen atoms in total. The largest absolute Gasteiger partial charge is 0.453 e. The van der Waals surface area contributed by atoms with Gasteiger partial charge in [0.15, 0.2) is 0 Å². The summed E-state index contributed by atoms with van der Waals surface area (Å²) in [6.07, 6.45) is 9.40. The minimum absolute atomic E-state index is 0.158. The van der Waals surface area contributed by atoms with Crippen LogP contribution in [0.1, 0.15) is 71.6 Å². The molecule has 0 N–H and O–H groups in total. The first-order valence-electron chi connectivity index (χ1n) is 8.06. The fourth-order valence-corrected chi connectivity index (χ4v) is 3.01. The van der Waals surface area contributed by atoms with E-state index in [1.54, 1.807) is 0 Å². The zero-order chi connectivity index (χ0) is 14.8. The van der Waals surface area contributed by atoms with Crippen molar-refractivity contribution in [3.63, 3.8) is 0 Å². The van der Waals surface area contributed by atoms with Gasteiger partial charge in [-0.15, -0.1) is 11.8 Å². The maximum atomic E-state index is 12.1. The molecule has 0 aromatic heterocycles. The van der Waals surface area contributed by atoms with Gasteiger partial charge in [0, 0.05) is 24.9 Å². The summed E-state index contributed by atoms with van der Waals surface area (Å²) in [4.78, 5) is 14.1. The van der Waals surface area contributed by atoms with E-state index >= 15 is 0 Å². The van der Waals surface area contributed by atoms with Crippen molar-refractivity contribution in [2.24, 2.45) is 0 Å². The zero-order valence-corrected chi connectivity index (χ0v) is 13.3. The van der Waals surface area contributed by atoms with Gasteiger partial charge in [-0.05, 0) is 38.5 Å². The van der Waals surface area contributed by atoms with Crippen LogP contribution in [0, 0.1) is 11.8 Å². The van der Waals surface area contributed by atoms with E-state index in [1.807, 2.05) is 4.90 Å². The molecule has 0 aromatic carbocycles. The Hall–Kier alpha value is -1.17. The van der Waals surface area contributed by atoms with Gasteiger partial charge < -0.3 is 9.64 Å². The van der Waals surface area contributed by atoms with E-state index in [-0.39, 0.29) is 6.09 Å². The molecule has 1 aliphatic heterocycles. The third-order valence-corrected chi connectivity index (χ3v) is 3.97. The molecule has 0 bridgehead atoms. The highest BCUT2D eigenvalue weighted by molar-refractivity contribution is 5.68. The van der Waals surface area contributed by atoms with Crippen LogP contribution >= 0.6 is 0 Å². The minimum Gasteiger partial charge on any atom is -0.453 e. The summed E-state index contributed by atoms with van der Waals surface area (Å²) in [7, 11) is 1.48. The minimum atomic E-state index is -0.158. The molecule has 1 amide bonds. The molecule has 0 aromatic rings. The van der Waals surface area contributed by atoms with Crippen LogP contribution in [0.3, 0.4) is 0 Å². The van der Waals surface area contributed by atoms with Gasteiger partial charge in [-0.25, -0.2) is 4.79 Å². The standard InChI is InChI=1S/C17H29NO2/c1-4-6-7-8-9-12-16-14-10-13-15(11-5-2)18(16)17(19)20-3/h15-16H,4-6,9-14H2,1-3H3/t15-,16+/m0/s1.